The Morgan fingerprint density at radius 2 is 1.96 bits per heavy atom. The summed E-state index contributed by atoms with van der Waals surface area (Å²) in [6.45, 7) is 3.25. The van der Waals surface area contributed by atoms with Crippen LogP contribution >= 0.6 is 0 Å². The molecule has 1 saturated heterocycles. The van der Waals surface area contributed by atoms with Gasteiger partial charge in [-0.1, -0.05) is 30.3 Å². The molecule has 28 heavy (non-hydrogen) atoms. The minimum absolute atomic E-state index is 0.0283. The highest BCUT2D eigenvalue weighted by Crippen LogP contribution is 2.29. The molecule has 1 aliphatic carbocycles. The Bertz CT molecular complexity index is 1110. The van der Waals surface area contributed by atoms with Crippen molar-refractivity contribution in [2.45, 2.75) is 32.1 Å². The molecule has 1 aromatic carbocycles. The van der Waals surface area contributed by atoms with Gasteiger partial charge in [0.05, 0.1) is 23.1 Å². The van der Waals surface area contributed by atoms with E-state index in [2.05, 4.69) is 27.2 Å². The van der Waals surface area contributed by atoms with Crippen LogP contribution in [0.1, 0.15) is 45.2 Å². The lowest BCUT2D eigenvalue weighted by atomic mass is 9.91. The highest BCUT2D eigenvalue weighted by Gasteiger charge is 2.33. The van der Waals surface area contributed by atoms with Gasteiger partial charge in [-0.15, -0.1) is 0 Å². The summed E-state index contributed by atoms with van der Waals surface area (Å²) in [6, 6.07) is 10.3. The normalized spacial score (nSPS) is 16.1. The predicted molar refractivity (Wildman–Crippen MR) is 104 cm³/mol. The highest BCUT2D eigenvalue weighted by molar-refractivity contribution is 5.95. The van der Waals surface area contributed by atoms with E-state index in [1.807, 2.05) is 30.0 Å². The number of nitrogens with one attached hydrogen (secondary N) is 1. The molecule has 1 fully saturated rings. The number of aromatic nitrogens is 4. The van der Waals surface area contributed by atoms with Crippen molar-refractivity contribution in [2.75, 3.05) is 13.1 Å². The average Bonchev–Trinajstić information content (AvgIpc) is 3.28. The van der Waals surface area contributed by atoms with Crippen LogP contribution < -0.4 is 5.56 Å². The van der Waals surface area contributed by atoms with E-state index in [9.17, 15) is 9.59 Å². The summed E-state index contributed by atoms with van der Waals surface area (Å²) in [5.41, 5.74) is 4.02. The summed E-state index contributed by atoms with van der Waals surface area (Å²) in [7, 11) is 0. The molecule has 2 aliphatic rings. The number of hydrogen-bond acceptors (Lipinski definition) is 4. The number of carbonyl (C=O) groups excluding carboxylic acids is 1. The van der Waals surface area contributed by atoms with Gasteiger partial charge in [-0.25, -0.2) is 9.67 Å². The minimum Gasteiger partial charge on any atom is -0.337 e. The van der Waals surface area contributed by atoms with Gasteiger partial charge in [0.1, 0.15) is 0 Å². The summed E-state index contributed by atoms with van der Waals surface area (Å²) in [4.78, 5) is 34.4. The van der Waals surface area contributed by atoms with Crippen molar-refractivity contribution in [1.29, 1.82) is 0 Å². The fourth-order valence-electron chi connectivity index (χ4n) is 4.11. The van der Waals surface area contributed by atoms with Crippen LogP contribution in [0.2, 0.25) is 0 Å². The maximum absolute atomic E-state index is 12.9. The van der Waals surface area contributed by atoms with Crippen LogP contribution in [0.3, 0.4) is 0 Å². The highest BCUT2D eigenvalue weighted by atomic mass is 16.2. The first kappa shape index (κ1) is 16.9. The summed E-state index contributed by atoms with van der Waals surface area (Å²) in [5, 5.41) is 4.33. The summed E-state index contributed by atoms with van der Waals surface area (Å²) >= 11 is 0. The Balaban J connectivity index is 1.37. The first-order chi connectivity index (χ1) is 13.6. The lowest BCUT2D eigenvalue weighted by Crippen LogP contribution is -2.48. The van der Waals surface area contributed by atoms with E-state index < -0.39 is 0 Å². The third-order valence-electron chi connectivity index (χ3n) is 5.81. The number of aromatic amines is 1. The van der Waals surface area contributed by atoms with Gasteiger partial charge in [0, 0.05) is 24.6 Å². The smallest absolute Gasteiger partial charge is 0.257 e. The number of fused-ring (bicyclic) bond motifs is 1. The quantitative estimate of drug-likeness (QED) is 0.759. The number of H-pyrrole nitrogens is 1. The second-order valence-electron chi connectivity index (χ2n) is 7.54. The first-order valence-corrected chi connectivity index (χ1v) is 9.63. The van der Waals surface area contributed by atoms with Crippen molar-refractivity contribution in [3.05, 3.63) is 75.0 Å². The van der Waals surface area contributed by atoms with Gasteiger partial charge < -0.3 is 4.90 Å². The number of nitrogens with zero attached hydrogens (tertiary/aromatic N) is 4. The lowest BCUT2D eigenvalue weighted by molar-refractivity contribution is 0.0601. The third-order valence-corrected chi connectivity index (χ3v) is 5.81. The molecule has 3 heterocycles. The molecule has 0 unspecified atom stereocenters. The lowest BCUT2D eigenvalue weighted by Gasteiger charge is -2.39. The van der Waals surface area contributed by atoms with Crippen molar-refractivity contribution >= 4 is 5.91 Å². The molecule has 0 radical (unpaired) electrons. The number of rotatable bonds is 3. The van der Waals surface area contributed by atoms with Crippen LogP contribution in [0, 0.1) is 6.92 Å². The number of hydrogen-bond donors (Lipinski definition) is 1. The molecule has 2 aromatic heterocycles. The molecular formula is C21H21N5O2. The Kier molecular flexibility index (Phi) is 3.89. The molecular weight excluding hydrogens is 354 g/mol. The summed E-state index contributed by atoms with van der Waals surface area (Å²) in [5.74, 6) is 0.739. The zero-order chi connectivity index (χ0) is 19.3. The van der Waals surface area contributed by atoms with E-state index in [0.29, 0.717) is 36.2 Å². The topological polar surface area (TPSA) is 83.9 Å². The second kappa shape index (κ2) is 6.44. The Labute approximate surface area is 162 Å². The van der Waals surface area contributed by atoms with Gasteiger partial charge in [-0.2, -0.15) is 5.10 Å². The molecule has 142 valence electrons. The van der Waals surface area contributed by atoms with E-state index in [1.54, 1.807) is 10.9 Å². The van der Waals surface area contributed by atoms with Crippen LogP contribution in [0.25, 0.3) is 5.95 Å². The standard InChI is InChI=1S/C21H21N5O2/c1-13-17(20(28)25-11-15(12-25)14-6-3-2-4-7-14)10-22-26(13)21-23-18-9-5-8-16(18)19(27)24-21/h2-4,6-7,10,15H,5,8-9,11-12H2,1H3,(H,23,24,27). The second-order valence-corrected chi connectivity index (χ2v) is 7.54. The van der Waals surface area contributed by atoms with Gasteiger partial charge in [-0.05, 0) is 31.7 Å². The van der Waals surface area contributed by atoms with Crippen molar-refractivity contribution in [1.82, 2.24) is 24.6 Å². The fraction of sp³-hybridized carbons (Fsp3) is 0.333. The first-order valence-electron chi connectivity index (χ1n) is 9.63. The molecule has 5 rings (SSSR count). The number of aryl methyl sites for hydroxylation is 1. The zero-order valence-corrected chi connectivity index (χ0v) is 15.7. The zero-order valence-electron chi connectivity index (χ0n) is 15.7. The minimum atomic E-state index is -0.103. The number of carbonyl (C=O) groups is 1. The van der Waals surface area contributed by atoms with Crippen LogP contribution in [-0.4, -0.2) is 43.6 Å². The SMILES string of the molecule is Cc1c(C(=O)N2CC(c3ccccc3)C2)cnn1-c1nc2c(c(=O)[nH]1)CCC2. The number of benzene rings is 1. The predicted octanol–water partition coefficient (Wildman–Crippen LogP) is 1.99. The van der Waals surface area contributed by atoms with Crippen molar-refractivity contribution in [3.8, 4) is 5.95 Å². The summed E-state index contributed by atoms with van der Waals surface area (Å²) in [6.07, 6.45) is 4.11. The molecule has 7 heteroatoms. The van der Waals surface area contributed by atoms with Crippen LogP contribution in [0.5, 0.6) is 0 Å². The molecule has 7 nitrogen and oxygen atoms in total. The van der Waals surface area contributed by atoms with E-state index in [1.165, 1.54) is 5.56 Å². The van der Waals surface area contributed by atoms with Gasteiger partial charge in [-0.3, -0.25) is 14.6 Å². The van der Waals surface area contributed by atoms with Gasteiger partial charge in [0.2, 0.25) is 5.95 Å². The molecule has 0 spiro atoms. The van der Waals surface area contributed by atoms with Crippen molar-refractivity contribution in [2.24, 2.45) is 0 Å². The monoisotopic (exact) mass is 375 g/mol. The Hall–Kier alpha value is -3.22. The summed E-state index contributed by atoms with van der Waals surface area (Å²) < 4.78 is 1.56. The van der Waals surface area contributed by atoms with Crippen molar-refractivity contribution in [3.63, 3.8) is 0 Å². The van der Waals surface area contributed by atoms with Crippen LogP contribution in [-0.2, 0) is 12.8 Å². The molecule has 3 aromatic rings. The maximum atomic E-state index is 12.9. The maximum Gasteiger partial charge on any atom is 0.257 e. The van der Waals surface area contributed by atoms with E-state index >= 15 is 0 Å². The fourth-order valence-corrected chi connectivity index (χ4v) is 4.11. The molecule has 1 N–H and O–H groups in total. The van der Waals surface area contributed by atoms with Gasteiger partial charge in [0.15, 0.2) is 0 Å². The van der Waals surface area contributed by atoms with E-state index in [-0.39, 0.29) is 11.5 Å². The average molecular weight is 375 g/mol. The molecule has 0 saturated carbocycles. The van der Waals surface area contributed by atoms with Crippen molar-refractivity contribution < 1.29 is 4.79 Å². The Morgan fingerprint density at radius 3 is 2.75 bits per heavy atom. The molecule has 1 aliphatic heterocycles. The molecule has 1 amide bonds. The van der Waals surface area contributed by atoms with Gasteiger partial charge >= 0.3 is 0 Å². The Morgan fingerprint density at radius 1 is 1.18 bits per heavy atom. The largest absolute Gasteiger partial charge is 0.337 e. The van der Waals surface area contributed by atoms with Crippen LogP contribution in [0.4, 0.5) is 0 Å². The van der Waals surface area contributed by atoms with E-state index in [0.717, 1.165) is 30.5 Å². The number of amides is 1. The third kappa shape index (κ3) is 2.66. The molecule has 0 bridgehead atoms. The van der Waals surface area contributed by atoms with E-state index in [4.69, 9.17) is 0 Å². The molecule has 0 atom stereocenters. The number of likely N-dealkylation sites (tertiary alicyclic amines) is 1. The van der Waals surface area contributed by atoms with Gasteiger partial charge in [0.25, 0.3) is 11.5 Å². The van der Waals surface area contributed by atoms with Crippen LogP contribution in [0.15, 0.2) is 41.3 Å².